The molecule has 0 radical (unpaired) electrons. The van der Waals surface area contributed by atoms with Crippen LogP contribution in [0.3, 0.4) is 0 Å². The Balaban J connectivity index is 1.47. The summed E-state index contributed by atoms with van der Waals surface area (Å²) in [5, 5.41) is 3.58. The quantitative estimate of drug-likeness (QED) is 0.580. The molecular weight excluding hydrogens is 400 g/mol. The van der Waals surface area contributed by atoms with E-state index in [-0.39, 0.29) is 6.09 Å². The van der Waals surface area contributed by atoms with Crippen LogP contribution in [0.15, 0.2) is 48.5 Å². The number of fused-ring (bicyclic) bond motifs is 1. The molecule has 2 aromatic carbocycles. The number of carbonyl (C=O) groups is 1. The number of aromatic nitrogens is 2. The first-order valence-electron chi connectivity index (χ1n) is 11.5. The van der Waals surface area contributed by atoms with Crippen molar-refractivity contribution in [1.82, 2.24) is 14.5 Å². The van der Waals surface area contributed by atoms with Gasteiger partial charge in [-0.2, -0.15) is 0 Å². The van der Waals surface area contributed by atoms with Crippen molar-refractivity contribution in [3.8, 4) is 0 Å². The van der Waals surface area contributed by atoms with Gasteiger partial charge in [-0.3, -0.25) is 0 Å². The summed E-state index contributed by atoms with van der Waals surface area (Å²) >= 11 is 0. The third-order valence-electron chi connectivity index (χ3n) is 5.84. The first-order chi connectivity index (χ1) is 15.3. The van der Waals surface area contributed by atoms with Crippen LogP contribution in [0.2, 0.25) is 0 Å². The summed E-state index contributed by atoms with van der Waals surface area (Å²) in [5.41, 5.74) is 4.14. The van der Waals surface area contributed by atoms with Gasteiger partial charge in [-0.1, -0.05) is 42.0 Å². The number of aryl methyl sites for hydroxylation is 1. The van der Waals surface area contributed by atoms with Gasteiger partial charge in [0, 0.05) is 19.6 Å². The summed E-state index contributed by atoms with van der Waals surface area (Å²) in [4.78, 5) is 19.2. The number of rotatable bonds is 5. The number of anilines is 1. The lowest BCUT2D eigenvalue weighted by molar-refractivity contribution is 0.0172. The van der Waals surface area contributed by atoms with E-state index in [1.165, 1.54) is 11.1 Å². The average Bonchev–Trinajstić information content (AvgIpc) is 3.10. The number of nitrogens with zero attached hydrogens (tertiary/aromatic N) is 3. The molecule has 1 aromatic heterocycles. The van der Waals surface area contributed by atoms with Gasteiger partial charge in [0.25, 0.3) is 0 Å². The van der Waals surface area contributed by atoms with E-state index in [9.17, 15) is 4.79 Å². The lowest BCUT2D eigenvalue weighted by Gasteiger charge is -2.34. The number of likely N-dealkylation sites (tertiary alicyclic amines) is 1. The fraction of sp³-hybridized carbons (Fsp3) is 0.462. The topological polar surface area (TPSA) is 59.4 Å². The summed E-state index contributed by atoms with van der Waals surface area (Å²) in [6, 6.07) is 16.9. The van der Waals surface area contributed by atoms with Crippen LogP contribution in [-0.2, 0) is 11.3 Å². The molecule has 2 heterocycles. The fourth-order valence-corrected chi connectivity index (χ4v) is 4.21. The van der Waals surface area contributed by atoms with Crippen molar-refractivity contribution in [2.45, 2.75) is 52.7 Å². The third kappa shape index (κ3) is 5.42. The highest BCUT2D eigenvalue weighted by Crippen LogP contribution is 2.24. The van der Waals surface area contributed by atoms with Gasteiger partial charge in [-0.05, 0) is 64.2 Å². The van der Waals surface area contributed by atoms with E-state index in [2.05, 4.69) is 59.3 Å². The van der Waals surface area contributed by atoms with Crippen molar-refractivity contribution in [3.05, 3.63) is 59.7 Å². The zero-order valence-electron chi connectivity index (χ0n) is 19.6. The first kappa shape index (κ1) is 22.2. The molecule has 1 saturated heterocycles. The summed E-state index contributed by atoms with van der Waals surface area (Å²) in [6.07, 6.45) is 1.87. The maximum Gasteiger partial charge on any atom is 0.410 e. The predicted octanol–water partition coefficient (Wildman–Crippen LogP) is 5.45. The van der Waals surface area contributed by atoms with Crippen molar-refractivity contribution in [1.29, 1.82) is 0 Å². The van der Waals surface area contributed by atoms with Crippen LogP contribution in [0.1, 0.15) is 44.7 Å². The standard InChI is InChI=1S/C26H34N4O2/c1-19-11-13-20(14-12-19)18-30-23-10-6-5-9-22(23)28-24(30)27-16-21-8-7-15-29(17-21)25(31)32-26(2,3)4/h5-6,9-14,21H,7-8,15-18H2,1-4H3,(H,27,28)/t21-/m0/s1. The molecule has 0 aliphatic carbocycles. The van der Waals surface area contributed by atoms with Crippen molar-refractivity contribution < 1.29 is 9.53 Å². The highest BCUT2D eigenvalue weighted by atomic mass is 16.6. The minimum absolute atomic E-state index is 0.214. The number of ether oxygens (including phenoxy) is 1. The normalized spacial score (nSPS) is 16.9. The van der Waals surface area contributed by atoms with Gasteiger partial charge < -0.3 is 19.5 Å². The lowest BCUT2D eigenvalue weighted by Crippen LogP contribution is -2.44. The molecule has 3 aromatic rings. The molecule has 0 unspecified atom stereocenters. The molecule has 0 spiro atoms. The summed E-state index contributed by atoms with van der Waals surface area (Å²) < 4.78 is 7.82. The summed E-state index contributed by atoms with van der Waals surface area (Å²) in [5.74, 6) is 1.24. The molecule has 6 heteroatoms. The van der Waals surface area contributed by atoms with Gasteiger partial charge in [-0.25, -0.2) is 9.78 Å². The molecule has 1 aliphatic heterocycles. The Labute approximate surface area is 190 Å². The second kappa shape index (κ2) is 9.23. The Hall–Kier alpha value is -3.02. The van der Waals surface area contributed by atoms with E-state index >= 15 is 0 Å². The zero-order chi connectivity index (χ0) is 22.7. The molecule has 1 atom stereocenters. The highest BCUT2D eigenvalue weighted by Gasteiger charge is 2.27. The second-order valence-electron chi connectivity index (χ2n) is 9.81. The second-order valence-corrected chi connectivity index (χ2v) is 9.81. The minimum Gasteiger partial charge on any atom is -0.444 e. The van der Waals surface area contributed by atoms with Crippen molar-refractivity contribution in [3.63, 3.8) is 0 Å². The van der Waals surface area contributed by atoms with Crippen LogP contribution in [0.5, 0.6) is 0 Å². The van der Waals surface area contributed by atoms with E-state index in [0.717, 1.165) is 49.5 Å². The van der Waals surface area contributed by atoms with Crippen molar-refractivity contribution in [2.75, 3.05) is 25.0 Å². The Morgan fingerprint density at radius 3 is 2.66 bits per heavy atom. The smallest absolute Gasteiger partial charge is 0.410 e. The maximum absolute atomic E-state index is 12.5. The van der Waals surface area contributed by atoms with E-state index in [0.29, 0.717) is 12.5 Å². The van der Waals surface area contributed by atoms with Gasteiger partial charge in [0.05, 0.1) is 17.6 Å². The number of benzene rings is 2. The molecule has 0 bridgehead atoms. The van der Waals surface area contributed by atoms with Crippen LogP contribution in [0, 0.1) is 12.8 Å². The molecular formula is C26H34N4O2. The number of imidazole rings is 1. The molecule has 4 rings (SSSR count). The Bertz CT molecular complexity index is 1070. The number of hydrogen-bond acceptors (Lipinski definition) is 4. The maximum atomic E-state index is 12.5. The van der Waals surface area contributed by atoms with E-state index in [4.69, 9.17) is 9.72 Å². The molecule has 1 amide bonds. The van der Waals surface area contributed by atoms with Crippen LogP contribution in [-0.4, -0.2) is 45.8 Å². The summed E-state index contributed by atoms with van der Waals surface area (Å²) in [6.45, 7) is 10.8. The number of para-hydroxylation sites is 2. The predicted molar refractivity (Wildman–Crippen MR) is 129 cm³/mol. The van der Waals surface area contributed by atoms with Crippen LogP contribution >= 0.6 is 0 Å². The molecule has 1 fully saturated rings. The van der Waals surface area contributed by atoms with Crippen LogP contribution < -0.4 is 5.32 Å². The number of nitrogens with one attached hydrogen (secondary N) is 1. The van der Waals surface area contributed by atoms with Gasteiger partial charge in [0.2, 0.25) is 5.95 Å². The molecule has 6 nitrogen and oxygen atoms in total. The molecule has 1 N–H and O–H groups in total. The van der Waals surface area contributed by atoms with Gasteiger partial charge in [0.15, 0.2) is 0 Å². The van der Waals surface area contributed by atoms with Gasteiger partial charge >= 0.3 is 6.09 Å². The average molecular weight is 435 g/mol. The lowest BCUT2D eigenvalue weighted by atomic mass is 9.98. The molecule has 1 aliphatic rings. The number of hydrogen-bond donors (Lipinski definition) is 1. The SMILES string of the molecule is Cc1ccc(Cn2c(NC[C@@H]3CCCN(C(=O)OC(C)(C)C)C3)nc3ccccc32)cc1. The fourth-order valence-electron chi connectivity index (χ4n) is 4.21. The van der Waals surface area contributed by atoms with E-state index in [1.807, 2.05) is 31.7 Å². The number of amides is 1. The Kier molecular flexibility index (Phi) is 6.40. The van der Waals surface area contributed by atoms with Crippen LogP contribution in [0.4, 0.5) is 10.7 Å². The van der Waals surface area contributed by atoms with Crippen molar-refractivity contribution >= 4 is 23.1 Å². The summed E-state index contributed by atoms with van der Waals surface area (Å²) in [7, 11) is 0. The van der Waals surface area contributed by atoms with Crippen molar-refractivity contribution in [2.24, 2.45) is 5.92 Å². The highest BCUT2D eigenvalue weighted by molar-refractivity contribution is 5.78. The van der Waals surface area contributed by atoms with Gasteiger partial charge in [0.1, 0.15) is 5.60 Å². The van der Waals surface area contributed by atoms with Crippen LogP contribution in [0.25, 0.3) is 11.0 Å². The zero-order valence-corrected chi connectivity index (χ0v) is 19.6. The molecule has 32 heavy (non-hydrogen) atoms. The number of piperidine rings is 1. The Morgan fingerprint density at radius 2 is 1.91 bits per heavy atom. The molecule has 0 saturated carbocycles. The van der Waals surface area contributed by atoms with E-state index in [1.54, 1.807) is 0 Å². The monoisotopic (exact) mass is 434 g/mol. The number of carbonyl (C=O) groups excluding carboxylic acids is 1. The molecule has 170 valence electrons. The first-order valence-corrected chi connectivity index (χ1v) is 11.5. The third-order valence-corrected chi connectivity index (χ3v) is 5.84. The Morgan fingerprint density at radius 1 is 1.16 bits per heavy atom. The van der Waals surface area contributed by atoms with E-state index < -0.39 is 5.60 Å². The minimum atomic E-state index is -0.469. The van der Waals surface area contributed by atoms with Gasteiger partial charge in [-0.15, -0.1) is 0 Å². The largest absolute Gasteiger partial charge is 0.444 e.